The van der Waals surface area contributed by atoms with Crippen LogP contribution < -0.4 is 16.0 Å². The molecule has 0 aromatic carbocycles. The van der Waals surface area contributed by atoms with Crippen LogP contribution in [0.5, 0.6) is 0 Å². The maximum Gasteiger partial charge on any atom is 0.317 e. The SMILES string of the molecule is CCNC(=O)C(=O)NCC1CCN(C(=O)NC(C)(C)C)CC1. The van der Waals surface area contributed by atoms with Crippen LogP contribution in [0.3, 0.4) is 0 Å². The Morgan fingerprint density at radius 3 is 2.09 bits per heavy atom. The van der Waals surface area contributed by atoms with Gasteiger partial charge in [0, 0.05) is 31.7 Å². The number of hydrogen-bond acceptors (Lipinski definition) is 3. The number of carbonyl (C=O) groups is 3. The third-order valence-electron chi connectivity index (χ3n) is 3.48. The van der Waals surface area contributed by atoms with Gasteiger partial charge < -0.3 is 20.9 Å². The maximum absolute atomic E-state index is 12.0. The van der Waals surface area contributed by atoms with Gasteiger partial charge in [-0.1, -0.05) is 0 Å². The van der Waals surface area contributed by atoms with Crippen molar-refractivity contribution in [3.63, 3.8) is 0 Å². The van der Waals surface area contributed by atoms with Crippen molar-refractivity contribution in [2.24, 2.45) is 5.92 Å². The van der Waals surface area contributed by atoms with Crippen molar-refractivity contribution in [2.75, 3.05) is 26.2 Å². The Labute approximate surface area is 132 Å². The number of carbonyl (C=O) groups excluding carboxylic acids is 3. The topological polar surface area (TPSA) is 90.5 Å². The fraction of sp³-hybridized carbons (Fsp3) is 0.800. The number of amides is 4. The minimum Gasteiger partial charge on any atom is -0.348 e. The molecule has 0 aliphatic carbocycles. The number of rotatable bonds is 3. The quantitative estimate of drug-likeness (QED) is 0.661. The lowest BCUT2D eigenvalue weighted by molar-refractivity contribution is -0.139. The molecule has 0 saturated carbocycles. The minimum absolute atomic E-state index is 0.0442. The third kappa shape index (κ3) is 6.32. The molecule has 7 heteroatoms. The van der Waals surface area contributed by atoms with Gasteiger partial charge in [0.05, 0.1) is 0 Å². The first kappa shape index (κ1) is 18.3. The summed E-state index contributed by atoms with van der Waals surface area (Å²) in [6.07, 6.45) is 1.65. The molecule has 3 N–H and O–H groups in total. The van der Waals surface area contributed by atoms with Gasteiger partial charge in [-0.25, -0.2) is 4.79 Å². The highest BCUT2D eigenvalue weighted by molar-refractivity contribution is 6.35. The van der Waals surface area contributed by atoms with Crippen LogP contribution in [0, 0.1) is 5.92 Å². The van der Waals surface area contributed by atoms with Crippen LogP contribution >= 0.6 is 0 Å². The standard InChI is InChI=1S/C15H28N4O3/c1-5-16-12(20)13(21)17-10-11-6-8-19(9-7-11)14(22)18-15(2,3)4/h11H,5-10H2,1-4H3,(H,16,20)(H,17,21)(H,18,22). The summed E-state index contributed by atoms with van der Waals surface area (Å²) >= 11 is 0. The van der Waals surface area contributed by atoms with Crippen LogP contribution in [0.2, 0.25) is 0 Å². The van der Waals surface area contributed by atoms with E-state index < -0.39 is 11.8 Å². The Morgan fingerprint density at radius 1 is 1.05 bits per heavy atom. The molecular formula is C15H28N4O3. The number of nitrogens with one attached hydrogen (secondary N) is 3. The van der Waals surface area contributed by atoms with Crippen molar-refractivity contribution < 1.29 is 14.4 Å². The summed E-state index contributed by atoms with van der Waals surface area (Å²) in [6.45, 7) is 9.88. The Hall–Kier alpha value is -1.79. The van der Waals surface area contributed by atoms with Crippen LogP contribution in [0.1, 0.15) is 40.5 Å². The molecule has 0 atom stereocenters. The van der Waals surface area contributed by atoms with Crippen molar-refractivity contribution in [1.29, 1.82) is 0 Å². The van der Waals surface area contributed by atoms with Gasteiger partial charge in [-0.05, 0) is 46.5 Å². The van der Waals surface area contributed by atoms with E-state index in [1.165, 1.54) is 0 Å². The highest BCUT2D eigenvalue weighted by atomic mass is 16.2. The lowest BCUT2D eigenvalue weighted by atomic mass is 9.97. The Morgan fingerprint density at radius 2 is 1.59 bits per heavy atom. The summed E-state index contributed by atoms with van der Waals surface area (Å²) in [5, 5.41) is 8.06. The molecule has 1 saturated heterocycles. The molecule has 0 bridgehead atoms. The van der Waals surface area contributed by atoms with Gasteiger partial charge in [0.1, 0.15) is 0 Å². The van der Waals surface area contributed by atoms with Gasteiger partial charge in [0.15, 0.2) is 0 Å². The fourth-order valence-corrected chi connectivity index (χ4v) is 2.30. The number of hydrogen-bond donors (Lipinski definition) is 3. The largest absolute Gasteiger partial charge is 0.348 e. The Bertz CT molecular complexity index is 410. The van der Waals surface area contributed by atoms with E-state index >= 15 is 0 Å². The van der Waals surface area contributed by atoms with E-state index in [1.54, 1.807) is 11.8 Å². The number of nitrogens with zero attached hydrogens (tertiary/aromatic N) is 1. The van der Waals surface area contributed by atoms with Crippen molar-refractivity contribution in [3.8, 4) is 0 Å². The van der Waals surface area contributed by atoms with Gasteiger partial charge in [0.25, 0.3) is 0 Å². The van der Waals surface area contributed by atoms with Gasteiger partial charge in [0.2, 0.25) is 0 Å². The number of likely N-dealkylation sites (tertiary alicyclic amines) is 1. The first-order valence-corrected chi connectivity index (χ1v) is 7.86. The first-order chi connectivity index (χ1) is 10.2. The summed E-state index contributed by atoms with van der Waals surface area (Å²) in [5.74, 6) is -0.878. The third-order valence-corrected chi connectivity index (χ3v) is 3.48. The first-order valence-electron chi connectivity index (χ1n) is 7.86. The van der Waals surface area contributed by atoms with Crippen LogP contribution in [-0.4, -0.2) is 54.5 Å². The molecule has 1 aliphatic heterocycles. The van der Waals surface area contributed by atoms with Crippen LogP contribution in [-0.2, 0) is 9.59 Å². The fourth-order valence-electron chi connectivity index (χ4n) is 2.30. The molecule has 0 radical (unpaired) electrons. The van der Waals surface area contributed by atoms with Crippen molar-refractivity contribution in [2.45, 2.75) is 46.1 Å². The number of piperidine rings is 1. The molecule has 1 heterocycles. The van der Waals surface area contributed by atoms with Gasteiger partial charge in [-0.2, -0.15) is 0 Å². The zero-order valence-electron chi connectivity index (χ0n) is 14.0. The van der Waals surface area contributed by atoms with Crippen LogP contribution in [0.25, 0.3) is 0 Å². The van der Waals surface area contributed by atoms with E-state index in [0.717, 1.165) is 12.8 Å². The normalized spacial score (nSPS) is 16.1. The summed E-state index contributed by atoms with van der Waals surface area (Å²) in [4.78, 5) is 36.7. The van der Waals surface area contributed by atoms with E-state index in [2.05, 4.69) is 16.0 Å². The smallest absolute Gasteiger partial charge is 0.317 e. The van der Waals surface area contributed by atoms with E-state index in [1.807, 2.05) is 20.8 Å². The zero-order valence-corrected chi connectivity index (χ0v) is 14.0. The molecule has 0 aromatic rings. The lowest BCUT2D eigenvalue weighted by Crippen LogP contribution is -2.51. The summed E-state index contributed by atoms with van der Waals surface area (Å²) in [5.41, 5.74) is -0.242. The molecular weight excluding hydrogens is 284 g/mol. The minimum atomic E-state index is -0.593. The van der Waals surface area contributed by atoms with Crippen LogP contribution in [0.15, 0.2) is 0 Å². The summed E-state index contributed by atoms with van der Waals surface area (Å²) in [6, 6.07) is -0.0442. The van der Waals surface area contributed by atoms with Crippen LogP contribution in [0.4, 0.5) is 4.79 Å². The second-order valence-electron chi connectivity index (χ2n) is 6.68. The molecule has 1 aliphatic rings. The average molecular weight is 312 g/mol. The summed E-state index contributed by atoms with van der Waals surface area (Å²) in [7, 11) is 0. The average Bonchev–Trinajstić information content (AvgIpc) is 2.43. The predicted molar refractivity (Wildman–Crippen MR) is 84.3 cm³/mol. The molecule has 4 amide bonds. The van der Waals surface area contributed by atoms with Crippen molar-refractivity contribution in [1.82, 2.24) is 20.9 Å². The predicted octanol–water partition coefficient (Wildman–Crippen LogP) is 0.459. The monoisotopic (exact) mass is 312 g/mol. The summed E-state index contributed by atoms with van der Waals surface area (Å²) < 4.78 is 0. The van der Waals surface area contributed by atoms with Crippen molar-refractivity contribution >= 4 is 17.8 Å². The molecule has 1 fully saturated rings. The van der Waals surface area contributed by atoms with Gasteiger partial charge >= 0.3 is 17.8 Å². The van der Waals surface area contributed by atoms with E-state index in [-0.39, 0.29) is 11.6 Å². The van der Waals surface area contributed by atoms with E-state index in [9.17, 15) is 14.4 Å². The Balaban J connectivity index is 2.29. The van der Waals surface area contributed by atoms with Crippen molar-refractivity contribution in [3.05, 3.63) is 0 Å². The molecule has 1 rings (SSSR count). The van der Waals surface area contributed by atoms with E-state index in [0.29, 0.717) is 32.1 Å². The number of likely N-dealkylation sites (N-methyl/N-ethyl adjacent to an activating group) is 1. The van der Waals surface area contributed by atoms with Gasteiger partial charge in [-0.15, -0.1) is 0 Å². The molecule has 126 valence electrons. The highest BCUT2D eigenvalue weighted by Gasteiger charge is 2.25. The maximum atomic E-state index is 12.0. The molecule has 0 aromatic heterocycles. The molecule has 7 nitrogen and oxygen atoms in total. The van der Waals surface area contributed by atoms with E-state index in [4.69, 9.17) is 0 Å². The molecule has 22 heavy (non-hydrogen) atoms. The second-order valence-corrected chi connectivity index (χ2v) is 6.68. The number of urea groups is 1. The lowest BCUT2D eigenvalue weighted by Gasteiger charge is -2.34. The Kier molecular flexibility index (Phi) is 6.64. The highest BCUT2D eigenvalue weighted by Crippen LogP contribution is 2.17. The molecule has 0 spiro atoms. The molecule has 0 unspecified atom stereocenters. The van der Waals surface area contributed by atoms with Gasteiger partial charge in [-0.3, -0.25) is 9.59 Å². The second kappa shape index (κ2) is 8.00. The zero-order chi connectivity index (χ0) is 16.8.